The number of benzene rings is 1. The molecule has 0 saturated carbocycles. The molecule has 0 spiro atoms. The van der Waals surface area contributed by atoms with Gasteiger partial charge >= 0.3 is 5.97 Å². The standard InChI is InChI=1S/C17H24N4O6S/c22-15(11-20-16(23)12-6-8-18-9-7-12)19-10-14(17(24)25)21-28(26,27)13-4-2-1-3-5-13/h1-5,12,14,18,21H,6-11H2,(H,19,22)(H,20,23)(H,24,25). The smallest absolute Gasteiger partial charge is 0.323 e. The third kappa shape index (κ3) is 6.59. The Morgan fingerprint density at radius 3 is 2.36 bits per heavy atom. The summed E-state index contributed by atoms with van der Waals surface area (Å²) in [5.74, 6) is -2.42. The lowest BCUT2D eigenvalue weighted by atomic mass is 9.97. The summed E-state index contributed by atoms with van der Waals surface area (Å²) in [4.78, 5) is 35.1. The fourth-order valence-electron chi connectivity index (χ4n) is 2.71. The minimum absolute atomic E-state index is 0.0817. The van der Waals surface area contributed by atoms with E-state index in [0.717, 1.165) is 13.1 Å². The van der Waals surface area contributed by atoms with Crippen LogP contribution in [0.2, 0.25) is 0 Å². The van der Waals surface area contributed by atoms with Crippen LogP contribution in [-0.2, 0) is 24.4 Å². The first kappa shape index (κ1) is 21.8. The summed E-state index contributed by atoms with van der Waals surface area (Å²) in [5, 5.41) is 17.2. The summed E-state index contributed by atoms with van der Waals surface area (Å²) in [6.07, 6.45) is 1.38. The highest BCUT2D eigenvalue weighted by Crippen LogP contribution is 2.11. The number of rotatable bonds is 9. The molecule has 1 unspecified atom stereocenters. The topological polar surface area (TPSA) is 154 Å². The zero-order valence-electron chi connectivity index (χ0n) is 15.2. The average Bonchev–Trinajstić information content (AvgIpc) is 2.70. The van der Waals surface area contributed by atoms with Crippen molar-refractivity contribution in [2.75, 3.05) is 26.2 Å². The van der Waals surface area contributed by atoms with Gasteiger partial charge in [-0.1, -0.05) is 18.2 Å². The molecule has 0 aromatic heterocycles. The van der Waals surface area contributed by atoms with E-state index < -0.39 is 34.5 Å². The van der Waals surface area contributed by atoms with Crippen molar-refractivity contribution in [1.82, 2.24) is 20.7 Å². The van der Waals surface area contributed by atoms with Crippen LogP contribution >= 0.6 is 0 Å². The number of hydrogen-bond donors (Lipinski definition) is 5. The number of aliphatic carboxylic acids is 1. The maximum Gasteiger partial charge on any atom is 0.323 e. The molecule has 1 atom stereocenters. The number of nitrogens with one attached hydrogen (secondary N) is 4. The van der Waals surface area contributed by atoms with Crippen molar-refractivity contribution >= 4 is 27.8 Å². The lowest BCUT2D eigenvalue weighted by Crippen LogP contribution is -2.50. The molecule has 10 nitrogen and oxygen atoms in total. The molecule has 1 saturated heterocycles. The van der Waals surface area contributed by atoms with Gasteiger partial charge in [-0.05, 0) is 38.1 Å². The summed E-state index contributed by atoms with van der Waals surface area (Å²) in [5.41, 5.74) is 0. The fraction of sp³-hybridized carbons (Fsp3) is 0.471. The highest BCUT2D eigenvalue weighted by atomic mass is 32.2. The largest absolute Gasteiger partial charge is 0.480 e. The third-order valence-corrected chi connectivity index (χ3v) is 5.77. The van der Waals surface area contributed by atoms with Gasteiger partial charge in [0, 0.05) is 12.5 Å². The molecule has 5 N–H and O–H groups in total. The van der Waals surface area contributed by atoms with Gasteiger partial charge in [0.25, 0.3) is 0 Å². The highest BCUT2D eigenvalue weighted by Gasteiger charge is 2.26. The second kappa shape index (κ2) is 10.2. The summed E-state index contributed by atoms with van der Waals surface area (Å²) >= 11 is 0. The van der Waals surface area contributed by atoms with Gasteiger partial charge in [-0.3, -0.25) is 14.4 Å². The normalized spacial score (nSPS) is 16.1. The molecule has 28 heavy (non-hydrogen) atoms. The first-order valence-electron chi connectivity index (χ1n) is 8.85. The van der Waals surface area contributed by atoms with Crippen LogP contribution in [0.1, 0.15) is 12.8 Å². The van der Waals surface area contributed by atoms with Crippen LogP contribution in [0.25, 0.3) is 0 Å². The van der Waals surface area contributed by atoms with Crippen molar-refractivity contribution in [1.29, 1.82) is 0 Å². The van der Waals surface area contributed by atoms with E-state index in [9.17, 15) is 27.9 Å². The Labute approximate surface area is 163 Å². The van der Waals surface area contributed by atoms with E-state index in [4.69, 9.17) is 0 Å². The van der Waals surface area contributed by atoms with Crippen LogP contribution in [0.4, 0.5) is 0 Å². The maximum atomic E-state index is 12.2. The molecule has 11 heteroatoms. The number of carboxylic acids is 1. The van der Waals surface area contributed by atoms with Gasteiger partial charge in [-0.15, -0.1) is 0 Å². The van der Waals surface area contributed by atoms with Crippen LogP contribution in [0.3, 0.4) is 0 Å². The number of carboxylic acid groups (broad SMARTS) is 1. The van der Waals surface area contributed by atoms with Crippen LogP contribution in [0, 0.1) is 5.92 Å². The van der Waals surface area contributed by atoms with Gasteiger partial charge in [-0.25, -0.2) is 8.42 Å². The summed E-state index contributed by atoms with van der Waals surface area (Å²) < 4.78 is 26.5. The second-order valence-electron chi connectivity index (χ2n) is 6.37. The number of sulfonamides is 1. The molecule has 0 bridgehead atoms. The molecule has 0 aliphatic carbocycles. The van der Waals surface area contributed by atoms with Gasteiger partial charge in [0.05, 0.1) is 11.4 Å². The molecule has 1 aromatic carbocycles. The Bertz CT molecular complexity index is 793. The zero-order chi connectivity index (χ0) is 20.6. The minimum Gasteiger partial charge on any atom is -0.480 e. The Kier molecular flexibility index (Phi) is 7.91. The zero-order valence-corrected chi connectivity index (χ0v) is 16.0. The average molecular weight is 412 g/mol. The Hall–Kier alpha value is -2.50. The van der Waals surface area contributed by atoms with Crippen molar-refractivity contribution in [2.45, 2.75) is 23.8 Å². The SMILES string of the molecule is O=C(CNC(=O)C1CCNCC1)NCC(NS(=O)(=O)c1ccccc1)C(=O)O. The molecule has 1 heterocycles. The molecular weight excluding hydrogens is 388 g/mol. The molecule has 1 fully saturated rings. The van der Waals surface area contributed by atoms with Crippen LogP contribution in [0.15, 0.2) is 35.2 Å². The second-order valence-corrected chi connectivity index (χ2v) is 8.09. The molecule has 1 aliphatic heterocycles. The lowest BCUT2D eigenvalue weighted by molar-refractivity contribution is -0.139. The van der Waals surface area contributed by atoms with Gasteiger partial charge in [-0.2, -0.15) is 4.72 Å². The summed E-state index contributed by atoms with van der Waals surface area (Å²) in [7, 11) is -4.05. The van der Waals surface area contributed by atoms with E-state index in [1.165, 1.54) is 24.3 Å². The fourth-order valence-corrected chi connectivity index (χ4v) is 3.92. The van der Waals surface area contributed by atoms with E-state index >= 15 is 0 Å². The van der Waals surface area contributed by atoms with E-state index in [2.05, 4.69) is 16.0 Å². The highest BCUT2D eigenvalue weighted by molar-refractivity contribution is 7.89. The first-order valence-corrected chi connectivity index (χ1v) is 10.3. The predicted octanol–water partition coefficient (Wildman–Crippen LogP) is -1.35. The lowest BCUT2D eigenvalue weighted by Gasteiger charge is -2.21. The van der Waals surface area contributed by atoms with Crippen molar-refractivity contribution in [3.8, 4) is 0 Å². The van der Waals surface area contributed by atoms with Gasteiger partial charge < -0.3 is 21.1 Å². The van der Waals surface area contributed by atoms with E-state index in [1.54, 1.807) is 6.07 Å². The quantitative estimate of drug-likeness (QED) is 0.336. The van der Waals surface area contributed by atoms with Gasteiger partial charge in [0.1, 0.15) is 6.04 Å². The Morgan fingerprint density at radius 1 is 1.11 bits per heavy atom. The third-order valence-electron chi connectivity index (χ3n) is 4.29. The van der Waals surface area contributed by atoms with Crippen molar-refractivity contribution in [3.05, 3.63) is 30.3 Å². The summed E-state index contributed by atoms with van der Waals surface area (Å²) in [6, 6.07) is 5.77. The predicted molar refractivity (Wildman–Crippen MR) is 99.8 cm³/mol. The monoisotopic (exact) mass is 412 g/mol. The molecule has 1 aliphatic rings. The molecule has 154 valence electrons. The number of hydrogen-bond acceptors (Lipinski definition) is 6. The van der Waals surface area contributed by atoms with E-state index in [-0.39, 0.29) is 23.3 Å². The molecular formula is C17H24N4O6S. The number of amides is 2. The van der Waals surface area contributed by atoms with Crippen molar-refractivity contribution in [3.63, 3.8) is 0 Å². The Balaban J connectivity index is 1.83. The van der Waals surface area contributed by atoms with Crippen LogP contribution in [-0.4, -0.2) is 63.5 Å². The maximum absolute atomic E-state index is 12.2. The number of carbonyl (C=O) groups excluding carboxylic acids is 2. The number of piperidine rings is 1. The van der Waals surface area contributed by atoms with Crippen LogP contribution in [0.5, 0.6) is 0 Å². The van der Waals surface area contributed by atoms with Crippen molar-refractivity contribution in [2.24, 2.45) is 5.92 Å². The first-order chi connectivity index (χ1) is 13.3. The van der Waals surface area contributed by atoms with E-state index in [0.29, 0.717) is 12.8 Å². The minimum atomic E-state index is -4.05. The van der Waals surface area contributed by atoms with Gasteiger partial charge in [0.15, 0.2) is 0 Å². The van der Waals surface area contributed by atoms with Crippen LogP contribution < -0.4 is 20.7 Å². The van der Waals surface area contributed by atoms with Gasteiger partial charge in [0.2, 0.25) is 21.8 Å². The number of carbonyl (C=O) groups is 3. The molecule has 2 amide bonds. The Morgan fingerprint density at radius 2 is 1.75 bits per heavy atom. The van der Waals surface area contributed by atoms with Crippen molar-refractivity contribution < 1.29 is 27.9 Å². The molecule has 2 rings (SSSR count). The molecule has 0 radical (unpaired) electrons. The summed E-state index contributed by atoms with van der Waals surface area (Å²) in [6.45, 7) is 0.724. The molecule has 1 aromatic rings. The van der Waals surface area contributed by atoms with E-state index in [1.807, 2.05) is 4.72 Å².